The number of halogens is 1. The maximum Gasteiger partial charge on any atom is 0.157 e. The number of hydrogen-bond acceptors (Lipinski definition) is 4. The van der Waals surface area contributed by atoms with Crippen molar-refractivity contribution in [3.63, 3.8) is 0 Å². The van der Waals surface area contributed by atoms with Crippen molar-refractivity contribution in [2.45, 2.75) is 26.8 Å². The Balaban J connectivity index is 2.15. The first-order valence-corrected chi connectivity index (χ1v) is 7.03. The molecule has 0 spiro atoms. The summed E-state index contributed by atoms with van der Waals surface area (Å²) in [4.78, 5) is 8.67. The van der Waals surface area contributed by atoms with E-state index in [1.807, 2.05) is 30.3 Å². The Kier molecular flexibility index (Phi) is 4.79. The van der Waals surface area contributed by atoms with Crippen LogP contribution in [0.2, 0.25) is 5.15 Å². The average Bonchev–Trinajstić information content (AvgIpc) is 2.41. The zero-order valence-corrected chi connectivity index (χ0v) is 12.5. The van der Waals surface area contributed by atoms with Crippen LogP contribution in [0.4, 0.5) is 11.5 Å². The molecule has 0 aliphatic rings. The lowest BCUT2D eigenvalue weighted by Gasteiger charge is -2.12. The van der Waals surface area contributed by atoms with Crippen molar-refractivity contribution in [3.05, 3.63) is 46.9 Å². The first-order valence-electron chi connectivity index (χ1n) is 6.66. The van der Waals surface area contributed by atoms with E-state index in [1.165, 1.54) is 0 Å². The van der Waals surface area contributed by atoms with Crippen molar-refractivity contribution in [1.82, 2.24) is 9.97 Å². The van der Waals surface area contributed by atoms with Crippen LogP contribution in [0, 0.1) is 5.92 Å². The minimum absolute atomic E-state index is 0.311. The number of nitrogen functional groups attached to an aromatic ring is 1. The van der Waals surface area contributed by atoms with E-state index in [9.17, 15) is 0 Å². The molecular weight excluding hydrogens is 272 g/mol. The molecule has 0 amide bonds. The first-order chi connectivity index (χ1) is 9.56. The smallest absolute Gasteiger partial charge is 0.157 e. The third-order valence-corrected chi connectivity index (χ3v) is 3.13. The fourth-order valence-electron chi connectivity index (χ4n) is 1.86. The molecule has 0 saturated heterocycles. The Morgan fingerprint density at radius 1 is 1.20 bits per heavy atom. The summed E-state index contributed by atoms with van der Waals surface area (Å²) in [5.74, 6) is 1.79. The van der Waals surface area contributed by atoms with E-state index in [1.54, 1.807) is 0 Å². The SMILES string of the molecule is CC(C)Cc1nc(Cl)c(N)c(NCc2ccccc2)n1. The molecule has 1 aromatic heterocycles. The van der Waals surface area contributed by atoms with Crippen LogP contribution in [0.25, 0.3) is 0 Å². The second-order valence-corrected chi connectivity index (χ2v) is 5.49. The second kappa shape index (κ2) is 6.57. The van der Waals surface area contributed by atoms with E-state index < -0.39 is 0 Å². The van der Waals surface area contributed by atoms with Crippen molar-refractivity contribution < 1.29 is 0 Å². The van der Waals surface area contributed by atoms with Gasteiger partial charge in [0.05, 0.1) is 0 Å². The predicted octanol–water partition coefficient (Wildman–Crippen LogP) is 3.52. The minimum atomic E-state index is 0.311. The van der Waals surface area contributed by atoms with Gasteiger partial charge in [-0.3, -0.25) is 0 Å². The number of nitrogens with two attached hydrogens (primary N) is 1. The molecule has 4 nitrogen and oxygen atoms in total. The highest BCUT2D eigenvalue weighted by molar-refractivity contribution is 6.32. The largest absolute Gasteiger partial charge is 0.393 e. The van der Waals surface area contributed by atoms with E-state index in [-0.39, 0.29) is 0 Å². The molecule has 5 heteroatoms. The summed E-state index contributed by atoms with van der Waals surface area (Å²) in [6.07, 6.45) is 0.778. The highest BCUT2D eigenvalue weighted by atomic mass is 35.5. The summed E-state index contributed by atoms with van der Waals surface area (Å²) >= 11 is 6.07. The quantitative estimate of drug-likeness (QED) is 0.827. The minimum Gasteiger partial charge on any atom is -0.393 e. The van der Waals surface area contributed by atoms with Gasteiger partial charge in [-0.05, 0) is 11.5 Å². The number of anilines is 2. The molecule has 3 N–H and O–H groups in total. The van der Waals surface area contributed by atoms with Crippen LogP contribution in [0.15, 0.2) is 30.3 Å². The summed E-state index contributed by atoms with van der Waals surface area (Å²) in [5.41, 5.74) is 7.48. The van der Waals surface area contributed by atoms with Gasteiger partial charge < -0.3 is 11.1 Å². The van der Waals surface area contributed by atoms with Crippen molar-refractivity contribution in [1.29, 1.82) is 0 Å². The molecule has 106 valence electrons. The summed E-state index contributed by atoms with van der Waals surface area (Å²) in [6, 6.07) is 10.1. The van der Waals surface area contributed by atoms with Crippen LogP contribution in [-0.4, -0.2) is 9.97 Å². The van der Waals surface area contributed by atoms with Gasteiger partial charge in [-0.15, -0.1) is 0 Å². The maximum atomic E-state index is 6.07. The van der Waals surface area contributed by atoms with Gasteiger partial charge in [0.2, 0.25) is 0 Å². The van der Waals surface area contributed by atoms with Crippen LogP contribution in [-0.2, 0) is 13.0 Å². The number of aromatic nitrogens is 2. The molecule has 0 aliphatic heterocycles. The van der Waals surface area contributed by atoms with Crippen LogP contribution < -0.4 is 11.1 Å². The molecule has 1 aromatic carbocycles. The topological polar surface area (TPSA) is 63.8 Å². The van der Waals surface area contributed by atoms with E-state index in [0.717, 1.165) is 17.8 Å². The summed E-state index contributed by atoms with van der Waals surface area (Å²) < 4.78 is 0. The van der Waals surface area contributed by atoms with Gasteiger partial charge in [0.25, 0.3) is 0 Å². The van der Waals surface area contributed by atoms with Crippen molar-refractivity contribution in [3.8, 4) is 0 Å². The highest BCUT2D eigenvalue weighted by Crippen LogP contribution is 2.24. The van der Waals surface area contributed by atoms with Gasteiger partial charge in [0.15, 0.2) is 11.0 Å². The fraction of sp³-hybridized carbons (Fsp3) is 0.333. The van der Waals surface area contributed by atoms with Gasteiger partial charge in [-0.2, -0.15) is 0 Å². The Morgan fingerprint density at radius 3 is 2.55 bits per heavy atom. The van der Waals surface area contributed by atoms with Crippen molar-refractivity contribution >= 4 is 23.1 Å². The average molecular weight is 291 g/mol. The maximum absolute atomic E-state index is 6.07. The van der Waals surface area contributed by atoms with Crippen LogP contribution >= 0.6 is 11.6 Å². The summed E-state index contributed by atoms with van der Waals surface area (Å²) in [5, 5.41) is 3.53. The van der Waals surface area contributed by atoms with Gasteiger partial charge in [-0.1, -0.05) is 55.8 Å². The predicted molar refractivity (Wildman–Crippen MR) is 83.8 cm³/mol. The molecule has 0 aliphatic carbocycles. The standard InChI is InChI=1S/C15H19ClN4/c1-10(2)8-12-19-14(16)13(17)15(20-12)18-9-11-6-4-3-5-7-11/h3-7,10H,8-9,17H2,1-2H3,(H,18,19,20). The van der Waals surface area contributed by atoms with Crippen molar-refractivity contribution in [2.75, 3.05) is 11.1 Å². The van der Waals surface area contributed by atoms with Gasteiger partial charge in [0.1, 0.15) is 11.5 Å². The van der Waals surface area contributed by atoms with E-state index in [2.05, 4.69) is 29.1 Å². The number of nitrogens with zero attached hydrogens (tertiary/aromatic N) is 2. The molecule has 1 heterocycles. The number of nitrogens with one attached hydrogen (secondary N) is 1. The third-order valence-electron chi connectivity index (χ3n) is 2.84. The number of rotatable bonds is 5. The van der Waals surface area contributed by atoms with Crippen LogP contribution in [0.3, 0.4) is 0 Å². The van der Waals surface area contributed by atoms with Gasteiger partial charge in [0, 0.05) is 13.0 Å². The lowest BCUT2D eigenvalue weighted by Crippen LogP contribution is -2.10. The number of benzene rings is 1. The van der Waals surface area contributed by atoms with Gasteiger partial charge in [-0.25, -0.2) is 9.97 Å². The fourth-order valence-corrected chi connectivity index (χ4v) is 2.05. The number of hydrogen-bond donors (Lipinski definition) is 2. The molecule has 0 atom stereocenters. The van der Waals surface area contributed by atoms with E-state index in [4.69, 9.17) is 17.3 Å². The lowest BCUT2D eigenvalue weighted by atomic mass is 10.1. The molecule has 0 saturated carbocycles. The summed E-state index contributed by atoms with van der Waals surface area (Å²) in [6.45, 7) is 4.88. The molecule has 2 aromatic rings. The zero-order valence-electron chi connectivity index (χ0n) is 11.7. The van der Waals surface area contributed by atoms with E-state index >= 15 is 0 Å². The first kappa shape index (κ1) is 14.6. The molecule has 2 rings (SSSR count). The monoisotopic (exact) mass is 290 g/mol. The molecule has 0 fully saturated rings. The van der Waals surface area contributed by atoms with Crippen LogP contribution in [0.5, 0.6) is 0 Å². The lowest BCUT2D eigenvalue weighted by molar-refractivity contribution is 0.621. The molecule has 0 unspecified atom stereocenters. The van der Waals surface area contributed by atoms with Gasteiger partial charge >= 0.3 is 0 Å². The highest BCUT2D eigenvalue weighted by Gasteiger charge is 2.11. The zero-order chi connectivity index (χ0) is 14.5. The second-order valence-electron chi connectivity index (χ2n) is 5.13. The molecular formula is C15H19ClN4. The Hall–Kier alpha value is -1.81. The van der Waals surface area contributed by atoms with Crippen LogP contribution in [0.1, 0.15) is 25.2 Å². The Bertz CT molecular complexity index is 570. The normalized spacial score (nSPS) is 10.8. The third kappa shape index (κ3) is 3.84. The Labute approximate surface area is 124 Å². The van der Waals surface area contributed by atoms with Crippen molar-refractivity contribution in [2.24, 2.45) is 5.92 Å². The Morgan fingerprint density at radius 2 is 1.90 bits per heavy atom. The molecule has 0 bridgehead atoms. The molecule has 0 radical (unpaired) electrons. The summed E-state index contributed by atoms with van der Waals surface area (Å²) in [7, 11) is 0. The van der Waals surface area contributed by atoms with E-state index in [0.29, 0.717) is 29.1 Å². The molecule has 20 heavy (non-hydrogen) atoms.